The number of pyridine rings is 1. The first-order chi connectivity index (χ1) is 12.6. The van der Waals surface area contributed by atoms with Gasteiger partial charge >= 0.3 is 5.92 Å². The summed E-state index contributed by atoms with van der Waals surface area (Å²) in [5.41, 5.74) is -3.64. The van der Waals surface area contributed by atoms with Gasteiger partial charge in [-0.1, -0.05) is 0 Å². The monoisotopic (exact) mass is 379 g/mol. The van der Waals surface area contributed by atoms with E-state index in [1.54, 1.807) is 24.5 Å². The highest BCUT2D eigenvalue weighted by Crippen LogP contribution is 2.48. The van der Waals surface area contributed by atoms with E-state index in [0.29, 0.717) is 11.4 Å². The van der Waals surface area contributed by atoms with Crippen LogP contribution in [0, 0.1) is 5.82 Å². The van der Waals surface area contributed by atoms with Crippen LogP contribution < -0.4 is 10.6 Å². The molecule has 1 aromatic carbocycles. The lowest BCUT2D eigenvalue weighted by Crippen LogP contribution is -2.62. The van der Waals surface area contributed by atoms with Gasteiger partial charge in [0.2, 0.25) is 5.91 Å². The Balaban J connectivity index is 2.09. The third kappa shape index (κ3) is 3.25. The van der Waals surface area contributed by atoms with Crippen molar-refractivity contribution in [2.45, 2.75) is 37.8 Å². The minimum absolute atomic E-state index is 0.340. The van der Waals surface area contributed by atoms with Crippen LogP contribution in [0.25, 0.3) is 0 Å². The molecule has 3 rings (SSSR count). The number of amides is 1. The van der Waals surface area contributed by atoms with Gasteiger partial charge in [0.05, 0.1) is 11.9 Å². The van der Waals surface area contributed by atoms with Gasteiger partial charge in [-0.3, -0.25) is 9.78 Å². The van der Waals surface area contributed by atoms with Gasteiger partial charge in [-0.25, -0.2) is 13.2 Å². The van der Waals surface area contributed by atoms with E-state index in [0.717, 1.165) is 13.0 Å². The second-order valence-electron chi connectivity index (χ2n) is 7.11. The molecule has 1 amide bonds. The highest BCUT2D eigenvalue weighted by Gasteiger charge is 2.64. The molecule has 0 spiro atoms. The molecular formula is C19H20F3N3O2. The van der Waals surface area contributed by atoms with Gasteiger partial charge in [0.25, 0.3) is 0 Å². The quantitative estimate of drug-likeness (QED) is 0.853. The van der Waals surface area contributed by atoms with Crippen molar-refractivity contribution in [1.29, 1.82) is 0 Å². The Bertz CT molecular complexity index is 859. The van der Waals surface area contributed by atoms with Gasteiger partial charge in [-0.2, -0.15) is 0 Å². The first-order valence-electron chi connectivity index (χ1n) is 8.37. The zero-order valence-electron chi connectivity index (χ0n) is 15.1. The molecule has 0 aliphatic carbocycles. The molecular weight excluding hydrogens is 359 g/mol. The van der Waals surface area contributed by atoms with Crippen LogP contribution in [0.3, 0.4) is 0 Å². The molecule has 1 saturated heterocycles. The zero-order valence-corrected chi connectivity index (χ0v) is 15.1. The zero-order chi connectivity index (χ0) is 19.9. The largest absolute Gasteiger partial charge is 0.359 e. The molecule has 1 aliphatic rings. The standard InChI is InChI=1S/C19H20F3N3O2/c1-17(2)19(21,22)18(3,25-16(26)11-27-17)14-9-12(6-7-15(14)20)24-13-5-4-8-23-10-13/h4-10,24H,11H2,1-3H3,(H,25,26). The summed E-state index contributed by atoms with van der Waals surface area (Å²) >= 11 is 0. The number of ether oxygens (including phenoxy) is 1. The summed E-state index contributed by atoms with van der Waals surface area (Å²) in [6, 6.07) is 7.20. The van der Waals surface area contributed by atoms with Crippen molar-refractivity contribution in [2.75, 3.05) is 11.9 Å². The fourth-order valence-electron chi connectivity index (χ4n) is 3.16. The molecule has 5 nitrogen and oxygen atoms in total. The number of nitrogens with one attached hydrogen (secondary N) is 2. The molecule has 27 heavy (non-hydrogen) atoms. The highest BCUT2D eigenvalue weighted by molar-refractivity contribution is 5.79. The van der Waals surface area contributed by atoms with E-state index in [-0.39, 0.29) is 5.56 Å². The first-order valence-corrected chi connectivity index (χ1v) is 8.37. The number of carbonyl (C=O) groups excluding carboxylic acids is 1. The summed E-state index contributed by atoms with van der Waals surface area (Å²) < 4.78 is 50.4. The number of benzene rings is 1. The fourth-order valence-corrected chi connectivity index (χ4v) is 3.16. The van der Waals surface area contributed by atoms with E-state index in [1.165, 1.54) is 26.0 Å². The minimum atomic E-state index is -3.60. The summed E-state index contributed by atoms with van der Waals surface area (Å²) in [5, 5.41) is 5.24. The second kappa shape index (κ2) is 6.53. The van der Waals surface area contributed by atoms with Gasteiger partial charge in [0.15, 0.2) is 0 Å². The fraction of sp³-hybridized carbons (Fsp3) is 0.368. The van der Waals surface area contributed by atoms with Gasteiger partial charge in [-0.05, 0) is 51.1 Å². The van der Waals surface area contributed by atoms with E-state index in [9.17, 15) is 9.18 Å². The second-order valence-corrected chi connectivity index (χ2v) is 7.11. The molecule has 2 aromatic rings. The molecule has 1 aliphatic heterocycles. The molecule has 2 heterocycles. The van der Waals surface area contributed by atoms with Crippen LogP contribution in [-0.2, 0) is 15.1 Å². The number of alkyl halides is 2. The van der Waals surface area contributed by atoms with Gasteiger partial charge in [0.1, 0.15) is 23.6 Å². The number of halogens is 3. The Hall–Kier alpha value is -2.61. The van der Waals surface area contributed by atoms with Crippen LogP contribution in [0.5, 0.6) is 0 Å². The van der Waals surface area contributed by atoms with E-state index >= 15 is 8.78 Å². The lowest BCUT2D eigenvalue weighted by Gasteiger charge is -2.43. The minimum Gasteiger partial charge on any atom is -0.359 e. The van der Waals surface area contributed by atoms with Gasteiger partial charge < -0.3 is 15.4 Å². The van der Waals surface area contributed by atoms with Gasteiger partial charge in [0, 0.05) is 17.4 Å². The number of anilines is 2. The van der Waals surface area contributed by atoms with E-state index in [4.69, 9.17) is 4.74 Å². The molecule has 1 fully saturated rings. The predicted molar refractivity (Wildman–Crippen MR) is 94.4 cm³/mol. The number of hydrogen-bond acceptors (Lipinski definition) is 4. The number of rotatable bonds is 3. The van der Waals surface area contributed by atoms with Crippen molar-refractivity contribution in [3.8, 4) is 0 Å². The lowest BCUT2D eigenvalue weighted by molar-refractivity contribution is -0.216. The average Bonchev–Trinajstić information content (AvgIpc) is 2.67. The Morgan fingerprint density at radius 1 is 1.19 bits per heavy atom. The number of nitrogens with zero attached hydrogens (tertiary/aromatic N) is 1. The number of hydrogen-bond donors (Lipinski definition) is 2. The maximum absolute atomic E-state index is 15.4. The van der Waals surface area contributed by atoms with Crippen molar-refractivity contribution in [3.05, 3.63) is 54.1 Å². The summed E-state index contributed by atoms with van der Waals surface area (Å²) in [5.74, 6) is -5.19. The molecule has 0 saturated carbocycles. The third-order valence-electron chi connectivity index (χ3n) is 4.79. The van der Waals surface area contributed by atoms with Crippen molar-refractivity contribution in [1.82, 2.24) is 10.3 Å². The normalized spacial score (nSPS) is 24.0. The van der Waals surface area contributed by atoms with Crippen LogP contribution in [0.4, 0.5) is 24.5 Å². The van der Waals surface area contributed by atoms with Crippen LogP contribution in [0.15, 0.2) is 42.7 Å². The van der Waals surface area contributed by atoms with Crippen LogP contribution >= 0.6 is 0 Å². The summed E-state index contributed by atoms with van der Waals surface area (Å²) in [4.78, 5) is 16.0. The van der Waals surface area contributed by atoms with Crippen LogP contribution in [-0.4, -0.2) is 29.0 Å². The Labute approximate surface area is 154 Å². The maximum atomic E-state index is 15.4. The van der Waals surface area contributed by atoms with Crippen LogP contribution in [0.1, 0.15) is 26.3 Å². The van der Waals surface area contributed by atoms with E-state index < -0.39 is 35.4 Å². The SMILES string of the molecule is CC1(C)OCC(=O)NC(C)(c2cc(Nc3cccnc3)ccc2F)C1(F)F. The summed E-state index contributed by atoms with van der Waals surface area (Å²) in [7, 11) is 0. The van der Waals surface area contributed by atoms with Crippen LogP contribution in [0.2, 0.25) is 0 Å². The van der Waals surface area contributed by atoms with E-state index in [2.05, 4.69) is 15.6 Å². The Morgan fingerprint density at radius 3 is 2.59 bits per heavy atom. The summed E-state index contributed by atoms with van der Waals surface area (Å²) in [6.07, 6.45) is 3.13. The third-order valence-corrected chi connectivity index (χ3v) is 4.79. The molecule has 1 atom stereocenters. The van der Waals surface area contributed by atoms with Crippen molar-refractivity contribution < 1.29 is 22.7 Å². The number of carbonyl (C=O) groups is 1. The maximum Gasteiger partial charge on any atom is 0.302 e. The molecule has 144 valence electrons. The predicted octanol–water partition coefficient (Wildman–Crippen LogP) is 3.74. The molecule has 1 unspecified atom stereocenters. The molecule has 1 aromatic heterocycles. The lowest BCUT2D eigenvalue weighted by atomic mass is 9.77. The first kappa shape index (κ1) is 19.2. The molecule has 0 radical (unpaired) electrons. The topological polar surface area (TPSA) is 63.2 Å². The van der Waals surface area contributed by atoms with Crippen molar-refractivity contribution in [2.24, 2.45) is 0 Å². The smallest absolute Gasteiger partial charge is 0.302 e. The molecule has 0 bridgehead atoms. The highest BCUT2D eigenvalue weighted by atomic mass is 19.3. The van der Waals surface area contributed by atoms with Crippen molar-refractivity contribution >= 4 is 17.3 Å². The Kier molecular flexibility index (Phi) is 4.63. The molecule has 8 heteroatoms. The van der Waals surface area contributed by atoms with Crippen molar-refractivity contribution in [3.63, 3.8) is 0 Å². The Morgan fingerprint density at radius 2 is 1.93 bits per heavy atom. The van der Waals surface area contributed by atoms with Gasteiger partial charge in [-0.15, -0.1) is 0 Å². The number of aromatic nitrogens is 1. The summed E-state index contributed by atoms with van der Waals surface area (Å²) in [6.45, 7) is 2.93. The molecule has 2 N–H and O–H groups in total. The average molecular weight is 379 g/mol. The van der Waals surface area contributed by atoms with E-state index in [1.807, 2.05) is 0 Å².